The lowest BCUT2D eigenvalue weighted by molar-refractivity contribution is -0.0177. The molecule has 2 rings (SSSR count). The molecule has 0 saturated carbocycles. The molecule has 0 amide bonds. The maximum atomic E-state index is 12.6. The van der Waals surface area contributed by atoms with Crippen molar-refractivity contribution in [3.8, 4) is 0 Å². The van der Waals surface area contributed by atoms with E-state index in [1.54, 1.807) is 48.5 Å². The van der Waals surface area contributed by atoms with E-state index in [-0.39, 0.29) is 6.61 Å². The van der Waals surface area contributed by atoms with Crippen LogP contribution in [0.3, 0.4) is 0 Å². The summed E-state index contributed by atoms with van der Waals surface area (Å²) in [6.07, 6.45) is 0. The van der Waals surface area contributed by atoms with E-state index in [1.807, 2.05) is 0 Å². The molecule has 0 aliphatic carbocycles. The van der Waals surface area contributed by atoms with E-state index < -0.39 is 11.4 Å². The van der Waals surface area contributed by atoms with Crippen LogP contribution in [-0.2, 0) is 10.3 Å². The molecule has 2 aromatic carbocycles. The van der Waals surface area contributed by atoms with Gasteiger partial charge in [-0.25, -0.2) is 0 Å². The molecular formula is C16H14Cl2O3. The molecule has 0 saturated heterocycles. The van der Waals surface area contributed by atoms with Gasteiger partial charge in [-0.1, -0.05) is 35.3 Å². The summed E-state index contributed by atoms with van der Waals surface area (Å²) in [6.45, 7) is -0.157. The Morgan fingerprint density at radius 2 is 1.52 bits per heavy atom. The van der Waals surface area contributed by atoms with E-state index in [2.05, 4.69) is 0 Å². The summed E-state index contributed by atoms with van der Waals surface area (Å²) in [5, 5.41) is 11.9. The fourth-order valence-electron chi connectivity index (χ4n) is 2.05. The third-order valence-electron chi connectivity index (χ3n) is 3.16. The zero-order valence-corrected chi connectivity index (χ0v) is 12.9. The van der Waals surface area contributed by atoms with Crippen LogP contribution in [0, 0.1) is 0 Å². The lowest BCUT2D eigenvalue weighted by Gasteiger charge is -2.26. The minimum Gasteiger partial charge on any atom is -0.381 e. The molecule has 5 heteroatoms. The van der Waals surface area contributed by atoms with Crippen molar-refractivity contribution in [2.75, 3.05) is 13.7 Å². The van der Waals surface area contributed by atoms with Crippen LogP contribution in [0.2, 0.25) is 10.0 Å². The minimum atomic E-state index is -1.77. The maximum Gasteiger partial charge on any atom is 0.201 e. The van der Waals surface area contributed by atoms with Gasteiger partial charge in [0.25, 0.3) is 0 Å². The third-order valence-corrected chi connectivity index (χ3v) is 3.66. The first-order valence-corrected chi connectivity index (χ1v) is 7.00. The number of halogens is 2. The largest absolute Gasteiger partial charge is 0.381 e. The number of carbonyl (C=O) groups excluding carboxylic acids is 1. The molecule has 0 bridgehead atoms. The van der Waals surface area contributed by atoms with Gasteiger partial charge in [0.2, 0.25) is 5.78 Å². The van der Waals surface area contributed by atoms with E-state index in [9.17, 15) is 9.90 Å². The first-order chi connectivity index (χ1) is 9.97. The van der Waals surface area contributed by atoms with Gasteiger partial charge in [-0.2, -0.15) is 0 Å². The summed E-state index contributed by atoms with van der Waals surface area (Å²) in [5.74, 6) is -0.455. The number of hydrogen-bond acceptors (Lipinski definition) is 3. The molecule has 110 valence electrons. The predicted molar refractivity (Wildman–Crippen MR) is 83.0 cm³/mol. The second-order valence-corrected chi connectivity index (χ2v) is 5.51. The van der Waals surface area contributed by atoms with Crippen molar-refractivity contribution in [1.82, 2.24) is 0 Å². The van der Waals surface area contributed by atoms with Gasteiger partial charge in [0.15, 0.2) is 5.60 Å². The SMILES string of the molecule is COCC(O)(C(=O)c1ccc(Cl)cc1)c1ccc(Cl)cc1. The molecule has 3 nitrogen and oxygen atoms in total. The molecule has 1 N–H and O–H groups in total. The fraction of sp³-hybridized carbons (Fsp3) is 0.188. The topological polar surface area (TPSA) is 46.5 Å². The Balaban J connectivity index is 2.43. The van der Waals surface area contributed by atoms with Gasteiger partial charge in [0, 0.05) is 22.7 Å². The molecule has 1 atom stereocenters. The van der Waals surface area contributed by atoms with Gasteiger partial charge in [0.1, 0.15) is 0 Å². The summed E-state index contributed by atoms with van der Waals surface area (Å²) in [6, 6.07) is 12.8. The molecule has 0 aromatic heterocycles. The Labute approximate surface area is 133 Å². The van der Waals surface area contributed by atoms with E-state index in [0.29, 0.717) is 21.2 Å². The predicted octanol–water partition coefficient (Wildman–Crippen LogP) is 3.71. The summed E-state index contributed by atoms with van der Waals surface area (Å²) >= 11 is 11.7. The molecule has 2 aromatic rings. The molecule has 21 heavy (non-hydrogen) atoms. The molecule has 1 unspecified atom stereocenters. The van der Waals surface area contributed by atoms with E-state index in [1.165, 1.54) is 7.11 Å². The zero-order valence-electron chi connectivity index (χ0n) is 11.3. The van der Waals surface area contributed by atoms with Gasteiger partial charge in [-0.3, -0.25) is 4.79 Å². The number of ether oxygens (including phenoxy) is 1. The van der Waals surface area contributed by atoms with Gasteiger partial charge < -0.3 is 9.84 Å². The lowest BCUT2D eigenvalue weighted by atomic mass is 9.86. The Hall–Kier alpha value is -1.39. The van der Waals surface area contributed by atoms with Gasteiger partial charge >= 0.3 is 0 Å². The smallest absolute Gasteiger partial charge is 0.201 e. The molecule has 0 radical (unpaired) electrons. The average molecular weight is 325 g/mol. The van der Waals surface area contributed by atoms with Crippen molar-refractivity contribution in [2.24, 2.45) is 0 Å². The Kier molecular flexibility index (Phi) is 5.01. The molecule has 0 heterocycles. The summed E-state index contributed by atoms with van der Waals surface area (Å²) in [4.78, 5) is 12.6. The minimum absolute atomic E-state index is 0.157. The second kappa shape index (κ2) is 6.58. The molecular weight excluding hydrogens is 311 g/mol. The third kappa shape index (κ3) is 3.44. The number of benzene rings is 2. The van der Waals surface area contributed by atoms with Crippen LogP contribution >= 0.6 is 23.2 Å². The number of ketones is 1. The van der Waals surface area contributed by atoms with E-state index in [4.69, 9.17) is 27.9 Å². The number of Topliss-reactive ketones (excluding diaryl/α,β-unsaturated/α-hetero) is 1. The average Bonchev–Trinajstić information content (AvgIpc) is 2.48. The van der Waals surface area contributed by atoms with Gasteiger partial charge in [-0.15, -0.1) is 0 Å². The van der Waals surface area contributed by atoms with Crippen LogP contribution in [0.25, 0.3) is 0 Å². The normalized spacial score (nSPS) is 13.7. The highest BCUT2D eigenvalue weighted by Gasteiger charge is 2.38. The number of methoxy groups -OCH3 is 1. The van der Waals surface area contributed by atoms with Gasteiger partial charge in [0.05, 0.1) is 6.61 Å². The van der Waals surface area contributed by atoms with Crippen molar-refractivity contribution in [2.45, 2.75) is 5.60 Å². The first-order valence-electron chi connectivity index (χ1n) is 6.25. The summed E-state index contributed by atoms with van der Waals surface area (Å²) in [7, 11) is 1.43. The molecule has 0 aliphatic rings. The van der Waals surface area contributed by atoms with Crippen molar-refractivity contribution in [3.63, 3.8) is 0 Å². The van der Waals surface area contributed by atoms with Crippen LogP contribution in [0.1, 0.15) is 15.9 Å². The molecule has 0 aliphatic heterocycles. The lowest BCUT2D eigenvalue weighted by Crippen LogP contribution is -2.40. The quantitative estimate of drug-likeness (QED) is 0.853. The fourth-order valence-corrected chi connectivity index (χ4v) is 2.31. The zero-order chi connectivity index (χ0) is 15.5. The first kappa shape index (κ1) is 16.0. The van der Waals surface area contributed by atoms with Crippen molar-refractivity contribution in [3.05, 3.63) is 69.7 Å². The van der Waals surface area contributed by atoms with E-state index in [0.717, 1.165) is 0 Å². The van der Waals surface area contributed by atoms with Crippen LogP contribution in [0.15, 0.2) is 48.5 Å². The summed E-state index contributed by atoms with van der Waals surface area (Å²) < 4.78 is 5.03. The molecule has 0 spiro atoms. The Morgan fingerprint density at radius 1 is 1.05 bits per heavy atom. The van der Waals surface area contributed by atoms with Crippen LogP contribution in [0.4, 0.5) is 0 Å². The number of carbonyl (C=O) groups is 1. The summed E-state index contributed by atoms with van der Waals surface area (Å²) in [5.41, 5.74) is -0.990. The maximum absolute atomic E-state index is 12.6. The highest BCUT2D eigenvalue weighted by atomic mass is 35.5. The van der Waals surface area contributed by atoms with Crippen molar-refractivity contribution in [1.29, 1.82) is 0 Å². The Bertz CT molecular complexity index is 623. The monoisotopic (exact) mass is 324 g/mol. The number of rotatable bonds is 5. The van der Waals surface area contributed by atoms with Crippen molar-refractivity contribution >= 4 is 29.0 Å². The van der Waals surface area contributed by atoms with Crippen LogP contribution < -0.4 is 0 Å². The van der Waals surface area contributed by atoms with Crippen LogP contribution in [0.5, 0.6) is 0 Å². The highest BCUT2D eigenvalue weighted by Crippen LogP contribution is 2.28. The Morgan fingerprint density at radius 3 is 2.00 bits per heavy atom. The van der Waals surface area contributed by atoms with E-state index >= 15 is 0 Å². The van der Waals surface area contributed by atoms with Gasteiger partial charge in [-0.05, 0) is 42.0 Å². The molecule has 0 fully saturated rings. The second-order valence-electron chi connectivity index (χ2n) is 4.64. The highest BCUT2D eigenvalue weighted by molar-refractivity contribution is 6.31. The van der Waals surface area contributed by atoms with Crippen LogP contribution in [-0.4, -0.2) is 24.6 Å². The number of aliphatic hydroxyl groups is 1. The van der Waals surface area contributed by atoms with Crippen molar-refractivity contribution < 1.29 is 14.6 Å². The standard InChI is InChI=1S/C16H14Cl2O3/c1-21-10-16(20,12-4-8-14(18)9-5-12)15(19)11-2-6-13(17)7-3-11/h2-9,20H,10H2,1H3. The number of hydrogen-bond donors (Lipinski definition) is 1.